The number of benzene rings is 1. The first kappa shape index (κ1) is 26.7. The molecule has 0 spiro atoms. The van der Waals surface area contributed by atoms with E-state index in [1.807, 2.05) is 13.8 Å². The van der Waals surface area contributed by atoms with Crippen LogP contribution in [0, 0.1) is 17.6 Å². The Labute approximate surface area is 193 Å². The number of nitrogens with one attached hydrogen (secondary N) is 2. The molecule has 0 bridgehead atoms. The van der Waals surface area contributed by atoms with Crippen molar-refractivity contribution in [3.8, 4) is 0 Å². The summed E-state index contributed by atoms with van der Waals surface area (Å²) in [7, 11) is 1.57. The van der Waals surface area contributed by atoms with Crippen LogP contribution < -0.4 is 10.6 Å². The summed E-state index contributed by atoms with van der Waals surface area (Å²) in [5.74, 6) is -3.07. The first-order chi connectivity index (χ1) is 15.7. The van der Waals surface area contributed by atoms with Crippen LogP contribution in [0.2, 0.25) is 0 Å². The maximum Gasteiger partial charge on any atom is 0.242 e. The number of nitrogens with zero attached hydrogens (tertiary/aromatic N) is 1. The van der Waals surface area contributed by atoms with E-state index >= 15 is 0 Å². The Kier molecular flexibility index (Phi) is 10.7. The molecule has 3 amide bonds. The molecule has 0 aliphatic carbocycles. The molecule has 1 aliphatic heterocycles. The number of methoxy groups -OCH3 is 1. The molecule has 1 heterocycles. The maximum atomic E-state index is 14.1. The Bertz CT molecular complexity index is 821. The average molecular weight is 470 g/mol. The van der Waals surface area contributed by atoms with Gasteiger partial charge in [-0.05, 0) is 18.4 Å². The van der Waals surface area contributed by atoms with E-state index in [1.54, 1.807) is 7.11 Å². The SMILES string of the molecule is COCCOCCNC(=O)C(NC(=O)C[C@@H]1CCC(=O)N1Cc1cccc(F)c1F)C(C)C. The number of ether oxygens (including phenoxy) is 2. The lowest BCUT2D eigenvalue weighted by Crippen LogP contribution is -2.51. The van der Waals surface area contributed by atoms with Gasteiger partial charge in [0.1, 0.15) is 6.04 Å². The highest BCUT2D eigenvalue weighted by atomic mass is 19.2. The molecule has 1 aromatic carbocycles. The number of carbonyl (C=O) groups is 3. The number of amides is 3. The Balaban J connectivity index is 1.91. The summed E-state index contributed by atoms with van der Waals surface area (Å²) < 4.78 is 37.8. The van der Waals surface area contributed by atoms with Crippen LogP contribution in [0.25, 0.3) is 0 Å². The first-order valence-electron chi connectivity index (χ1n) is 11.1. The van der Waals surface area contributed by atoms with E-state index in [0.29, 0.717) is 32.8 Å². The van der Waals surface area contributed by atoms with Gasteiger partial charge in [-0.3, -0.25) is 14.4 Å². The number of hydrogen-bond acceptors (Lipinski definition) is 5. The Morgan fingerprint density at radius 3 is 2.67 bits per heavy atom. The van der Waals surface area contributed by atoms with Crippen molar-refractivity contribution >= 4 is 17.7 Å². The van der Waals surface area contributed by atoms with Crippen LogP contribution in [0.15, 0.2) is 18.2 Å². The number of rotatable bonds is 13. The normalized spacial score (nSPS) is 16.8. The largest absolute Gasteiger partial charge is 0.382 e. The summed E-state index contributed by atoms with van der Waals surface area (Å²) in [6.45, 7) is 5.03. The van der Waals surface area contributed by atoms with Crippen LogP contribution in [-0.2, 0) is 30.4 Å². The van der Waals surface area contributed by atoms with Gasteiger partial charge in [-0.25, -0.2) is 8.78 Å². The Morgan fingerprint density at radius 2 is 1.97 bits per heavy atom. The highest BCUT2D eigenvalue weighted by Gasteiger charge is 2.34. The monoisotopic (exact) mass is 469 g/mol. The van der Waals surface area contributed by atoms with Gasteiger partial charge in [-0.1, -0.05) is 26.0 Å². The smallest absolute Gasteiger partial charge is 0.242 e. The fraction of sp³-hybridized carbons (Fsp3) is 0.609. The predicted octanol–water partition coefficient (Wildman–Crippen LogP) is 1.77. The van der Waals surface area contributed by atoms with Crippen molar-refractivity contribution in [3.05, 3.63) is 35.4 Å². The van der Waals surface area contributed by atoms with Crippen LogP contribution in [-0.4, -0.2) is 68.2 Å². The molecule has 1 aliphatic rings. The van der Waals surface area contributed by atoms with Gasteiger partial charge in [-0.15, -0.1) is 0 Å². The van der Waals surface area contributed by atoms with Gasteiger partial charge in [0, 0.05) is 44.6 Å². The molecule has 2 N–H and O–H groups in total. The summed E-state index contributed by atoms with van der Waals surface area (Å²) in [5.41, 5.74) is 0.0582. The molecule has 0 saturated carbocycles. The van der Waals surface area contributed by atoms with Crippen molar-refractivity contribution in [1.29, 1.82) is 0 Å². The average Bonchev–Trinajstić information content (AvgIpc) is 3.10. The minimum Gasteiger partial charge on any atom is -0.382 e. The van der Waals surface area contributed by atoms with Crippen molar-refractivity contribution in [3.63, 3.8) is 0 Å². The van der Waals surface area contributed by atoms with Crippen molar-refractivity contribution in [2.45, 2.75) is 51.7 Å². The van der Waals surface area contributed by atoms with E-state index in [2.05, 4.69) is 10.6 Å². The zero-order valence-electron chi connectivity index (χ0n) is 19.4. The van der Waals surface area contributed by atoms with E-state index in [1.165, 1.54) is 17.0 Å². The second kappa shape index (κ2) is 13.2. The molecule has 1 aromatic rings. The summed E-state index contributed by atoms with van der Waals surface area (Å²) in [6.07, 6.45) is 0.631. The minimum absolute atomic E-state index is 0.0285. The standard InChI is InChI=1S/C23H33F2N3O5/c1-15(2)22(23(31)26-9-10-33-12-11-32-3)27-19(29)13-17-7-8-20(30)28(17)14-16-5-4-6-18(24)21(16)25/h4-6,15,17,22H,7-14H2,1-3H3,(H,26,31)(H,27,29)/t17-,22?/m0/s1. The van der Waals surface area contributed by atoms with Crippen LogP contribution in [0.4, 0.5) is 8.78 Å². The van der Waals surface area contributed by atoms with Crippen molar-refractivity contribution in [2.24, 2.45) is 5.92 Å². The highest BCUT2D eigenvalue weighted by molar-refractivity contribution is 5.88. The maximum absolute atomic E-state index is 14.1. The molecule has 33 heavy (non-hydrogen) atoms. The van der Waals surface area contributed by atoms with Crippen LogP contribution in [0.1, 0.15) is 38.7 Å². The lowest BCUT2D eigenvalue weighted by molar-refractivity contribution is -0.132. The second-order valence-corrected chi connectivity index (χ2v) is 8.32. The Morgan fingerprint density at radius 1 is 1.21 bits per heavy atom. The van der Waals surface area contributed by atoms with Gasteiger partial charge in [0.05, 0.1) is 19.8 Å². The molecular weight excluding hydrogens is 436 g/mol. The van der Waals surface area contributed by atoms with Crippen molar-refractivity contribution in [2.75, 3.05) is 33.5 Å². The molecule has 10 heteroatoms. The third-order valence-corrected chi connectivity index (χ3v) is 5.49. The fourth-order valence-corrected chi connectivity index (χ4v) is 3.66. The van der Waals surface area contributed by atoms with Crippen molar-refractivity contribution in [1.82, 2.24) is 15.5 Å². The van der Waals surface area contributed by atoms with Gasteiger partial charge in [-0.2, -0.15) is 0 Å². The van der Waals surface area contributed by atoms with Crippen molar-refractivity contribution < 1.29 is 32.6 Å². The van der Waals surface area contributed by atoms with E-state index < -0.39 is 23.7 Å². The lowest BCUT2D eigenvalue weighted by Gasteiger charge is -2.27. The third kappa shape index (κ3) is 8.04. The minimum atomic E-state index is -0.997. The molecule has 1 fully saturated rings. The number of carbonyl (C=O) groups excluding carboxylic acids is 3. The highest BCUT2D eigenvalue weighted by Crippen LogP contribution is 2.25. The fourth-order valence-electron chi connectivity index (χ4n) is 3.66. The number of likely N-dealkylation sites (tertiary alicyclic amines) is 1. The van der Waals surface area contributed by atoms with E-state index in [4.69, 9.17) is 9.47 Å². The quantitative estimate of drug-likeness (QED) is 0.429. The summed E-state index contributed by atoms with van der Waals surface area (Å²) >= 11 is 0. The van der Waals surface area contributed by atoms with E-state index in [-0.39, 0.29) is 48.6 Å². The summed E-state index contributed by atoms with van der Waals surface area (Å²) in [6, 6.07) is 2.61. The second-order valence-electron chi connectivity index (χ2n) is 8.32. The van der Waals surface area contributed by atoms with Gasteiger partial charge >= 0.3 is 0 Å². The number of halogens is 2. The molecule has 8 nitrogen and oxygen atoms in total. The third-order valence-electron chi connectivity index (χ3n) is 5.49. The van der Waals surface area contributed by atoms with Crippen LogP contribution in [0.5, 0.6) is 0 Å². The summed E-state index contributed by atoms with van der Waals surface area (Å²) in [4.78, 5) is 38.9. The molecule has 0 radical (unpaired) electrons. The zero-order chi connectivity index (χ0) is 24.4. The van der Waals surface area contributed by atoms with Gasteiger partial charge in [0.25, 0.3) is 0 Å². The molecule has 0 aromatic heterocycles. The lowest BCUT2D eigenvalue weighted by atomic mass is 10.0. The predicted molar refractivity (Wildman–Crippen MR) is 117 cm³/mol. The zero-order valence-corrected chi connectivity index (χ0v) is 19.4. The van der Waals surface area contributed by atoms with Gasteiger partial charge in [0.15, 0.2) is 11.6 Å². The topological polar surface area (TPSA) is 97.0 Å². The molecule has 1 unspecified atom stereocenters. The first-order valence-corrected chi connectivity index (χ1v) is 11.1. The van der Waals surface area contributed by atoms with Crippen LogP contribution in [0.3, 0.4) is 0 Å². The van der Waals surface area contributed by atoms with E-state index in [0.717, 1.165) is 6.07 Å². The number of hydrogen-bond donors (Lipinski definition) is 2. The molecular formula is C23H33F2N3O5. The molecule has 1 saturated heterocycles. The molecule has 184 valence electrons. The molecule has 2 atom stereocenters. The van der Waals surface area contributed by atoms with Gasteiger partial charge < -0.3 is 25.0 Å². The Hall–Kier alpha value is -2.59. The van der Waals surface area contributed by atoms with Gasteiger partial charge in [0.2, 0.25) is 17.7 Å². The van der Waals surface area contributed by atoms with E-state index in [9.17, 15) is 23.2 Å². The van der Waals surface area contributed by atoms with Crippen LogP contribution >= 0.6 is 0 Å². The summed E-state index contributed by atoms with van der Waals surface area (Å²) in [5, 5.41) is 5.48. The molecule has 2 rings (SSSR count).